The van der Waals surface area contributed by atoms with Crippen molar-refractivity contribution in [3.05, 3.63) is 23.1 Å². The summed E-state index contributed by atoms with van der Waals surface area (Å²) in [5.74, 6) is 0.533. The lowest BCUT2D eigenvalue weighted by atomic mass is 9.53. The van der Waals surface area contributed by atoms with Gasteiger partial charge in [-0.05, 0) is 32.1 Å². The van der Waals surface area contributed by atoms with Gasteiger partial charge in [0.25, 0.3) is 5.54 Å². The molecule has 2 rings (SSSR count). The molecular weight excluding hydrogens is 206 g/mol. The highest BCUT2D eigenvalue weighted by molar-refractivity contribution is 5.31. The molecule has 0 aliphatic heterocycles. The number of fused-ring (bicyclic) bond motifs is 1. The summed E-state index contributed by atoms with van der Waals surface area (Å²) >= 11 is 0. The molecular formula is C16H25N. The van der Waals surface area contributed by atoms with Crippen LogP contribution < -0.4 is 0 Å². The Morgan fingerprint density at radius 3 is 2.88 bits per heavy atom. The van der Waals surface area contributed by atoms with Crippen molar-refractivity contribution in [3.8, 4) is 0 Å². The second kappa shape index (κ2) is 4.48. The topological polar surface area (TPSA) is 4.36 Å². The van der Waals surface area contributed by atoms with Gasteiger partial charge in [0.05, 0.1) is 0 Å². The van der Waals surface area contributed by atoms with Gasteiger partial charge in [0, 0.05) is 17.4 Å². The lowest BCUT2D eigenvalue weighted by Gasteiger charge is -2.48. The summed E-state index contributed by atoms with van der Waals surface area (Å²) < 4.78 is 0. The second-order valence-electron chi connectivity index (χ2n) is 6.34. The maximum atomic E-state index is 7.77. The third kappa shape index (κ3) is 1.82. The van der Waals surface area contributed by atoms with E-state index in [0.29, 0.717) is 5.92 Å². The first-order valence-corrected chi connectivity index (χ1v) is 7.17. The van der Waals surface area contributed by atoms with E-state index in [-0.39, 0.29) is 11.0 Å². The van der Waals surface area contributed by atoms with Gasteiger partial charge in [0.1, 0.15) is 0 Å². The molecule has 17 heavy (non-hydrogen) atoms. The van der Waals surface area contributed by atoms with E-state index >= 15 is 0 Å². The molecule has 2 aliphatic rings. The van der Waals surface area contributed by atoms with Crippen LogP contribution in [-0.2, 0) is 0 Å². The van der Waals surface area contributed by atoms with Crippen LogP contribution in [0.25, 0.3) is 4.85 Å². The monoisotopic (exact) mass is 231 g/mol. The fraction of sp³-hybridized carbons (Fsp3) is 0.812. The van der Waals surface area contributed by atoms with Crippen LogP contribution in [0.4, 0.5) is 0 Å². The summed E-state index contributed by atoms with van der Waals surface area (Å²) in [7, 11) is 0. The largest absolute Gasteiger partial charge is 0.305 e. The fourth-order valence-corrected chi connectivity index (χ4v) is 4.07. The second-order valence-corrected chi connectivity index (χ2v) is 6.34. The summed E-state index contributed by atoms with van der Waals surface area (Å²) in [6.45, 7) is 14.7. The van der Waals surface area contributed by atoms with E-state index in [0.717, 1.165) is 0 Å². The van der Waals surface area contributed by atoms with Gasteiger partial charge >= 0.3 is 0 Å². The summed E-state index contributed by atoms with van der Waals surface area (Å²) in [6, 6.07) is 0. The van der Waals surface area contributed by atoms with Crippen LogP contribution in [0, 0.1) is 17.9 Å². The molecule has 0 aromatic rings. The van der Waals surface area contributed by atoms with Crippen LogP contribution in [0.5, 0.6) is 0 Å². The van der Waals surface area contributed by atoms with E-state index in [2.05, 4.69) is 31.7 Å². The number of hydrogen-bond acceptors (Lipinski definition) is 0. The van der Waals surface area contributed by atoms with E-state index in [1.54, 1.807) is 5.57 Å². The molecule has 0 saturated heterocycles. The lowest BCUT2D eigenvalue weighted by Crippen LogP contribution is -2.52. The maximum Gasteiger partial charge on any atom is 0.258 e. The van der Waals surface area contributed by atoms with Gasteiger partial charge in [-0.15, -0.1) is 0 Å². The highest BCUT2D eigenvalue weighted by Crippen LogP contribution is 2.56. The standard InChI is InChI=1S/C16H25N/c1-5-7-14-9-11-15(3)10-6-8-13(2)16(15,12-14)17-4/h12-13H,5-11H2,1-3H3/t13-,15-,16-/m1/s1. The van der Waals surface area contributed by atoms with Crippen LogP contribution in [0.3, 0.4) is 0 Å². The average molecular weight is 231 g/mol. The zero-order chi connectivity index (χ0) is 12.5. The molecule has 0 unspecified atom stereocenters. The minimum atomic E-state index is -0.187. The van der Waals surface area contributed by atoms with Gasteiger partial charge in [-0.1, -0.05) is 39.2 Å². The van der Waals surface area contributed by atoms with Gasteiger partial charge < -0.3 is 4.85 Å². The molecule has 1 heteroatoms. The Balaban J connectivity index is 2.42. The van der Waals surface area contributed by atoms with Crippen molar-refractivity contribution in [2.45, 2.75) is 71.3 Å². The summed E-state index contributed by atoms with van der Waals surface area (Å²) in [6.07, 6.45) is 11.0. The van der Waals surface area contributed by atoms with Crippen LogP contribution in [0.2, 0.25) is 0 Å². The molecule has 0 spiro atoms. The third-order valence-corrected chi connectivity index (χ3v) is 5.26. The molecule has 94 valence electrons. The van der Waals surface area contributed by atoms with E-state index in [9.17, 15) is 0 Å². The predicted molar refractivity (Wildman–Crippen MR) is 72.7 cm³/mol. The highest BCUT2D eigenvalue weighted by atomic mass is 14.9. The van der Waals surface area contributed by atoms with Gasteiger partial charge in [0.2, 0.25) is 0 Å². The van der Waals surface area contributed by atoms with E-state index in [1.165, 1.54) is 44.9 Å². The number of allylic oxidation sites excluding steroid dienone is 1. The number of nitrogens with zero attached hydrogens (tertiary/aromatic N) is 1. The molecule has 1 saturated carbocycles. The van der Waals surface area contributed by atoms with Gasteiger partial charge in [-0.3, -0.25) is 0 Å². The van der Waals surface area contributed by atoms with Gasteiger partial charge in [-0.25, -0.2) is 6.57 Å². The van der Waals surface area contributed by atoms with Crippen molar-refractivity contribution in [1.29, 1.82) is 0 Å². The zero-order valence-corrected chi connectivity index (χ0v) is 11.6. The Bertz CT molecular complexity index is 362. The first-order chi connectivity index (χ1) is 8.08. The molecule has 0 aromatic carbocycles. The zero-order valence-electron chi connectivity index (χ0n) is 11.6. The van der Waals surface area contributed by atoms with Crippen molar-refractivity contribution in [1.82, 2.24) is 0 Å². The molecule has 1 nitrogen and oxygen atoms in total. The van der Waals surface area contributed by atoms with Crippen LogP contribution in [0.1, 0.15) is 65.7 Å². The first kappa shape index (κ1) is 12.7. The molecule has 0 bridgehead atoms. The highest BCUT2D eigenvalue weighted by Gasteiger charge is 2.59. The molecule has 1 fully saturated rings. The fourth-order valence-electron chi connectivity index (χ4n) is 4.07. The van der Waals surface area contributed by atoms with Crippen LogP contribution >= 0.6 is 0 Å². The minimum absolute atomic E-state index is 0.187. The lowest BCUT2D eigenvalue weighted by molar-refractivity contribution is 0.0794. The molecule has 0 radical (unpaired) electrons. The minimum Gasteiger partial charge on any atom is -0.305 e. The molecule has 0 amide bonds. The molecule has 3 atom stereocenters. The van der Waals surface area contributed by atoms with Crippen molar-refractivity contribution < 1.29 is 0 Å². The summed E-state index contributed by atoms with van der Waals surface area (Å²) in [4.78, 5) is 4.16. The predicted octanol–water partition coefficient (Wildman–Crippen LogP) is 4.99. The molecule has 2 aliphatic carbocycles. The Hall–Kier alpha value is -0.770. The quantitative estimate of drug-likeness (QED) is 0.466. The first-order valence-electron chi connectivity index (χ1n) is 7.17. The number of hydrogen-bond donors (Lipinski definition) is 0. The van der Waals surface area contributed by atoms with Crippen molar-refractivity contribution >= 4 is 0 Å². The Morgan fingerprint density at radius 2 is 2.24 bits per heavy atom. The molecule has 0 N–H and O–H groups in total. The smallest absolute Gasteiger partial charge is 0.258 e. The van der Waals surface area contributed by atoms with E-state index in [1.807, 2.05) is 0 Å². The summed E-state index contributed by atoms with van der Waals surface area (Å²) in [5.41, 5.74) is 1.60. The maximum absolute atomic E-state index is 7.77. The normalized spacial score (nSPS) is 41.3. The van der Waals surface area contributed by atoms with E-state index < -0.39 is 0 Å². The SMILES string of the molecule is [C-]#[N+][C@@]12C=C(CCC)CC[C@@]1(C)CCC[C@H]2C. The number of rotatable bonds is 2. The van der Waals surface area contributed by atoms with Crippen molar-refractivity contribution in [2.75, 3.05) is 0 Å². The van der Waals surface area contributed by atoms with Crippen LogP contribution in [0.15, 0.2) is 11.6 Å². The van der Waals surface area contributed by atoms with Gasteiger partial charge in [-0.2, -0.15) is 0 Å². The van der Waals surface area contributed by atoms with Crippen molar-refractivity contribution in [2.24, 2.45) is 11.3 Å². The molecule has 0 heterocycles. The van der Waals surface area contributed by atoms with Crippen molar-refractivity contribution in [3.63, 3.8) is 0 Å². The van der Waals surface area contributed by atoms with E-state index in [4.69, 9.17) is 6.57 Å². The average Bonchev–Trinajstić information content (AvgIpc) is 2.31. The molecule has 0 aromatic heterocycles. The van der Waals surface area contributed by atoms with Gasteiger partial charge in [0.15, 0.2) is 0 Å². The summed E-state index contributed by atoms with van der Waals surface area (Å²) in [5, 5.41) is 0. The Morgan fingerprint density at radius 1 is 1.47 bits per heavy atom. The Kier molecular flexibility index (Phi) is 3.34. The third-order valence-electron chi connectivity index (χ3n) is 5.26. The Labute approximate surface area is 106 Å². The van der Waals surface area contributed by atoms with Crippen LogP contribution in [-0.4, -0.2) is 5.54 Å².